The van der Waals surface area contributed by atoms with Gasteiger partial charge in [0.25, 0.3) is 0 Å². The molecular weight excluding hydrogens is 448 g/mol. The summed E-state index contributed by atoms with van der Waals surface area (Å²) in [6.45, 7) is 8.46. The zero-order chi connectivity index (χ0) is 24.4. The molecule has 0 saturated heterocycles. The number of hydrogen-bond donors (Lipinski definition) is 2. The van der Waals surface area contributed by atoms with Gasteiger partial charge in [-0.05, 0) is 47.2 Å². The second-order valence-corrected chi connectivity index (χ2v) is 9.26. The number of carbonyl (C=O) groups excluding carboxylic acids is 1. The Balaban J connectivity index is 1.77. The van der Waals surface area contributed by atoms with Gasteiger partial charge in [0.1, 0.15) is 11.3 Å². The van der Waals surface area contributed by atoms with Gasteiger partial charge in [0.05, 0.1) is 12.7 Å². The lowest BCUT2D eigenvalue weighted by Gasteiger charge is -2.20. The van der Waals surface area contributed by atoms with Crippen molar-refractivity contribution in [3.8, 4) is 16.9 Å². The van der Waals surface area contributed by atoms with Crippen LogP contribution in [0.3, 0.4) is 0 Å². The molecule has 2 N–H and O–H groups in total. The van der Waals surface area contributed by atoms with Gasteiger partial charge in [0.15, 0.2) is 0 Å². The Morgan fingerprint density at radius 3 is 2.21 bits per heavy atom. The largest absolute Gasteiger partial charge is 0.497 e. The lowest BCUT2D eigenvalue weighted by molar-refractivity contribution is 0.261. The van der Waals surface area contributed by atoms with Crippen LogP contribution in [0.2, 0.25) is 5.02 Å². The first kappa shape index (κ1) is 23.7. The number of fused-ring (bicyclic) bond motifs is 1. The molecule has 1 heterocycles. The Hall–Kier alpha value is -3.44. The molecule has 3 aromatic carbocycles. The quantitative estimate of drug-likeness (QED) is 0.292. The summed E-state index contributed by atoms with van der Waals surface area (Å²) in [5.41, 5.74) is 5.09. The lowest BCUT2D eigenvalue weighted by atomic mass is 9.93. The van der Waals surface area contributed by atoms with E-state index in [-0.39, 0.29) is 17.9 Å². The summed E-state index contributed by atoms with van der Waals surface area (Å²) in [5.74, 6) is 1.52. The van der Waals surface area contributed by atoms with E-state index in [1.165, 1.54) is 0 Å². The van der Waals surface area contributed by atoms with E-state index in [2.05, 4.69) is 50.5 Å². The van der Waals surface area contributed by atoms with Crippen LogP contribution >= 0.6 is 11.6 Å². The van der Waals surface area contributed by atoms with Crippen molar-refractivity contribution < 1.29 is 13.9 Å². The van der Waals surface area contributed by atoms with Gasteiger partial charge >= 0.3 is 6.03 Å². The number of carbonyl (C=O) groups is 1. The number of amides is 2. The number of hydrogen-bond acceptors (Lipinski definition) is 3. The highest BCUT2D eigenvalue weighted by Crippen LogP contribution is 2.43. The van der Waals surface area contributed by atoms with Crippen LogP contribution in [-0.2, 0) is 0 Å². The van der Waals surface area contributed by atoms with Crippen LogP contribution < -0.4 is 15.4 Å². The molecule has 1 aromatic heterocycles. The summed E-state index contributed by atoms with van der Waals surface area (Å²) in [5, 5.41) is 7.37. The number of anilines is 2. The first-order valence-electron chi connectivity index (χ1n) is 11.4. The number of rotatable bonds is 6. The maximum absolute atomic E-state index is 13.3. The second kappa shape index (κ2) is 9.82. The fourth-order valence-electron chi connectivity index (χ4n) is 4.17. The Morgan fingerprint density at radius 1 is 0.912 bits per heavy atom. The molecule has 0 bridgehead atoms. The molecule has 2 amide bonds. The van der Waals surface area contributed by atoms with Gasteiger partial charge in [-0.3, -0.25) is 5.32 Å². The van der Waals surface area contributed by atoms with E-state index in [9.17, 15) is 4.79 Å². The summed E-state index contributed by atoms with van der Waals surface area (Å²) in [4.78, 5) is 13.3. The minimum atomic E-state index is -0.380. The molecule has 4 rings (SSSR count). The van der Waals surface area contributed by atoms with Crippen molar-refractivity contribution in [2.45, 2.75) is 39.5 Å². The van der Waals surface area contributed by atoms with Crippen molar-refractivity contribution in [3.63, 3.8) is 0 Å². The third kappa shape index (κ3) is 4.62. The number of urea groups is 1. The van der Waals surface area contributed by atoms with Crippen molar-refractivity contribution in [2.24, 2.45) is 0 Å². The number of furan rings is 1. The van der Waals surface area contributed by atoms with Crippen LogP contribution in [0, 0.1) is 0 Å². The van der Waals surface area contributed by atoms with Crippen molar-refractivity contribution in [3.05, 3.63) is 76.8 Å². The molecule has 0 spiro atoms. The van der Waals surface area contributed by atoms with Crippen LogP contribution in [-0.4, -0.2) is 13.1 Å². The fraction of sp³-hybridized carbons (Fsp3) is 0.250. The highest BCUT2D eigenvalue weighted by Gasteiger charge is 2.22. The molecule has 0 aliphatic rings. The lowest BCUT2D eigenvalue weighted by Crippen LogP contribution is -2.21. The third-order valence-electron chi connectivity index (χ3n) is 5.88. The Bertz CT molecular complexity index is 1310. The van der Waals surface area contributed by atoms with Crippen LogP contribution in [0.25, 0.3) is 22.1 Å². The van der Waals surface area contributed by atoms with E-state index < -0.39 is 0 Å². The van der Waals surface area contributed by atoms with E-state index >= 15 is 0 Å². The maximum atomic E-state index is 13.3. The van der Waals surface area contributed by atoms with E-state index in [4.69, 9.17) is 20.8 Å². The summed E-state index contributed by atoms with van der Waals surface area (Å²) in [7, 11) is 1.61. The van der Waals surface area contributed by atoms with Gasteiger partial charge in [-0.2, -0.15) is 0 Å². The number of ether oxygens (including phenoxy) is 1. The minimum absolute atomic E-state index is 0.256. The van der Waals surface area contributed by atoms with Crippen LogP contribution in [0.15, 0.2) is 65.1 Å². The number of methoxy groups -OCH3 is 1. The molecule has 0 aliphatic heterocycles. The number of halogens is 1. The molecule has 0 saturated carbocycles. The zero-order valence-electron chi connectivity index (χ0n) is 20.0. The molecule has 0 atom stereocenters. The van der Waals surface area contributed by atoms with Crippen molar-refractivity contribution in [1.82, 2.24) is 0 Å². The molecule has 176 valence electrons. The number of para-hydroxylation sites is 1. The Morgan fingerprint density at radius 2 is 1.59 bits per heavy atom. The first-order chi connectivity index (χ1) is 16.3. The van der Waals surface area contributed by atoms with Gasteiger partial charge in [-0.1, -0.05) is 75.7 Å². The van der Waals surface area contributed by atoms with E-state index in [0.717, 1.165) is 27.8 Å². The Labute approximate surface area is 205 Å². The van der Waals surface area contributed by atoms with E-state index in [1.807, 2.05) is 48.5 Å². The maximum Gasteiger partial charge on any atom is 0.326 e. The highest BCUT2D eigenvalue weighted by atomic mass is 35.5. The molecule has 6 heteroatoms. The van der Waals surface area contributed by atoms with Gasteiger partial charge in [-0.15, -0.1) is 0 Å². The Kier molecular flexibility index (Phi) is 6.85. The molecule has 5 nitrogen and oxygen atoms in total. The minimum Gasteiger partial charge on any atom is -0.497 e. The van der Waals surface area contributed by atoms with Crippen molar-refractivity contribution in [1.29, 1.82) is 0 Å². The molecular formula is C28H29ClN2O3. The summed E-state index contributed by atoms with van der Waals surface area (Å²) in [6, 6.07) is 18.8. The summed E-state index contributed by atoms with van der Waals surface area (Å²) >= 11 is 6.54. The van der Waals surface area contributed by atoms with Crippen molar-refractivity contribution >= 4 is 40.2 Å². The average Bonchev–Trinajstić information content (AvgIpc) is 3.15. The van der Waals surface area contributed by atoms with E-state index in [0.29, 0.717) is 27.8 Å². The monoisotopic (exact) mass is 476 g/mol. The molecule has 0 fully saturated rings. The summed E-state index contributed by atoms with van der Waals surface area (Å²) in [6.07, 6.45) is 0. The van der Waals surface area contributed by atoms with Gasteiger partial charge in [0.2, 0.25) is 5.88 Å². The van der Waals surface area contributed by atoms with Crippen molar-refractivity contribution in [2.75, 3.05) is 17.7 Å². The van der Waals surface area contributed by atoms with Gasteiger partial charge in [0, 0.05) is 21.7 Å². The summed E-state index contributed by atoms with van der Waals surface area (Å²) < 4.78 is 11.5. The molecule has 34 heavy (non-hydrogen) atoms. The highest BCUT2D eigenvalue weighted by molar-refractivity contribution is 6.34. The number of nitrogens with one attached hydrogen (secondary N) is 2. The molecule has 0 aliphatic carbocycles. The number of benzene rings is 3. The molecule has 0 radical (unpaired) electrons. The SMILES string of the molecule is COc1ccc2oc(NC(=O)Nc3c(C(C)C)cccc3C(C)C)c(-c3ccccc3Cl)c2c1. The fourth-order valence-corrected chi connectivity index (χ4v) is 4.40. The van der Waals surface area contributed by atoms with Crippen LogP contribution in [0.1, 0.15) is 50.7 Å². The standard InChI is InChI=1S/C28H29ClN2O3/c1-16(2)19-10-8-11-20(17(3)4)26(19)30-28(32)31-27-25(21-9-6-7-12-23(21)29)22-15-18(33-5)13-14-24(22)34-27/h6-17H,1-5H3,(H2,30,31,32). The zero-order valence-corrected chi connectivity index (χ0v) is 20.8. The predicted molar refractivity (Wildman–Crippen MR) is 140 cm³/mol. The van der Waals surface area contributed by atoms with Gasteiger partial charge in [-0.25, -0.2) is 4.79 Å². The topological polar surface area (TPSA) is 63.5 Å². The third-order valence-corrected chi connectivity index (χ3v) is 6.21. The normalized spacial score (nSPS) is 11.3. The first-order valence-corrected chi connectivity index (χ1v) is 11.7. The van der Waals surface area contributed by atoms with Gasteiger partial charge < -0.3 is 14.5 Å². The smallest absolute Gasteiger partial charge is 0.326 e. The van der Waals surface area contributed by atoms with Crippen LogP contribution in [0.5, 0.6) is 5.75 Å². The molecule has 0 unspecified atom stereocenters. The van der Waals surface area contributed by atoms with Crippen LogP contribution in [0.4, 0.5) is 16.4 Å². The predicted octanol–water partition coefficient (Wildman–Crippen LogP) is 8.65. The van der Waals surface area contributed by atoms with E-state index in [1.54, 1.807) is 7.11 Å². The molecule has 4 aromatic rings. The average molecular weight is 477 g/mol. The second-order valence-electron chi connectivity index (χ2n) is 8.85.